The number of hydrogen-bond acceptors (Lipinski definition) is 2. The minimum atomic E-state index is -0.330. The fraction of sp³-hybridized carbons (Fsp3) is 0.800. The smallest absolute Gasteiger partial charge is 0.221 e. The average Bonchev–Trinajstić information content (AvgIpc) is 2.38. The Morgan fingerprint density at radius 2 is 1.32 bits per heavy atom. The van der Waals surface area contributed by atoms with E-state index in [0.717, 1.165) is 38.5 Å². The van der Waals surface area contributed by atoms with Crippen LogP contribution in [0.2, 0.25) is 0 Å². The van der Waals surface area contributed by atoms with E-state index in [-0.39, 0.29) is 18.0 Å². The number of hydrogen-bond donors (Lipinski definition) is 2. The molecule has 0 aromatic heterocycles. The lowest BCUT2D eigenvalue weighted by Gasteiger charge is -2.18. The van der Waals surface area contributed by atoms with Crippen molar-refractivity contribution >= 4 is 11.8 Å². The van der Waals surface area contributed by atoms with Crippen molar-refractivity contribution in [3.8, 4) is 0 Å². The van der Waals surface area contributed by atoms with Crippen molar-refractivity contribution in [1.29, 1.82) is 0 Å². The van der Waals surface area contributed by atoms with Gasteiger partial charge in [0.25, 0.3) is 0 Å². The van der Waals surface area contributed by atoms with Crippen LogP contribution >= 0.6 is 0 Å². The highest BCUT2D eigenvalue weighted by atomic mass is 16.2. The Hall–Kier alpha value is -1.06. The molecule has 0 aliphatic rings. The second-order valence-electron chi connectivity index (χ2n) is 4.89. The van der Waals surface area contributed by atoms with Crippen LogP contribution in [0.15, 0.2) is 0 Å². The molecule has 111 valence electrons. The predicted molar refractivity (Wildman–Crippen MR) is 78.3 cm³/mol. The van der Waals surface area contributed by atoms with Crippen LogP contribution in [-0.4, -0.2) is 18.0 Å². The molecule has 19 heavy (non-hydrogen) atoms. The summed E-state index contributed by atoms with van der Waals surface area (Å²) in [4.78, 5) is 23.3. The van der Waals surface area contributed by atoms with E-state index in [2.05, 4.69) is 31.4 Å². The molecule has 0 aromatic rings. The van der Waals surface area contributed by atoms with E-state index in [0.29, 0.717) is 19.3 Å². The summed E-state index contributed by atoms with van der Waals surface area (Å²) in [6.07, 6.45) is 7.31. The molecule has 0 atom stereocenters. The fourth-order valence-electron chi connectivity index (χ4n) is 1.78. The van der Waals surface area contributed by atoms with Crippen molar-refractivity contribution in [3.63, 3.8) is 0 Å². The van der Waals surface area contributed by atoms with Gasteiger partial charge in [-0.15, -0.1) is 0 Å². The van der Waals surface area contributed by atoms with E-state index in [4.69, 9.17) is 0 Å². The van der Waals surface area contributed by atoms with Crippen LogP contribution in [0.3, 0.4) is 0 Å². The maximum atomic E-state index is 11.6. The first-order chi connectivity index (χ1) is 9.13. The molecule has 0 aliphatic carbocycles. The number of amides is 2. The zero-order chi connectivity index (χ0) is 14.5. The summed E-state index contributed by atoms with van der Waals surface area (Å²) in [7, 11) is 0. The van der Waals surface area contributed by atoms with Gasteiger partial charge in [0.2, 0.25) is 11.8 Å². The van der Waals surface area contributed by atoms with Gasteiger partial charge in [0.05, 0.1) is 0 Å². The Morgan fingerprint density at radius 3 is 1.63 bits per heavy atom. The van der Waals surface area contributed by atoms with Crippen LogP contribution < -0.4 is 10.6 Å². The van der Waals surface area contributed by atoms with E-state index in [1.165, 1.54) is 0 Å². The minimum Gasteiger partial charge on any atom is -0.336 e. The highest BCUT2D eigenvalue weighted by Gasteiger charge is 2.12. The molecule has 2 N–H and O–H groups in total. The molecule has 0 saturated carbocycles. The molecule has 0 rings (SSSR count). The van der Waals surface area contributed by atoms with Gasteiger partial charge in [0, 0.05) is 12.8 Å². The largest absolute Gasteiger partial charge is 0.336 e. The van der Waals surface area contributed by atoms with E-state index in [1.54, 1.807) is 0 Å². The van der Waals surface area contributed by atoms with Crippen LogP contribution in [0.5, 0.6) is 0 Å². The number of carbonyl (C=O) groups is 2. The van der Waals surface area contributed by atoms with Gasteiger partial charge in [-0.05, 0) is 26.2 Å². The first kappa shape index (κ1) is 17.9. The summed E-state index contributed by atoms with van der Waals surface area (Å²) in [6, 6.07) is 0. The van der Waals surface area contributed by atoms with E-state index in [9.17, 15) is 9.59 Å². The van der Waals surface area contributed by atoms with Crippen molar-refractivity contribution < 1.29 is 9.59 Å². The zero-order valence-electron chi connectivity index (χ0n) is 12.5. The lowest BCUT2D eigenvalue weighted by molar-refractivity contribution is -0.124. The van der Waals surface area contributed by atoms with Gasteiger partial charge in [0.1, 0.15) is 6.17 Å². The van der Waals surface area contributed by atoms with Gasteiger partial charge >= 0.3 is 0 Å². The van der Waals surface area contributed by atoms with Gasteiger partial charge in [-0.3, -0.25) is 9.59 Å². The molecule has 0 unspecified atom stereocenters. The molecule has 0 spiro atoms. The first-order valence-corrected chi connectivity index (χ1v) is 7.52. The highest BCUT2D eigenvalue weighted by molar-refractivity contribution is 5.79. The Labute approximate surface area is 117 Å². The SMILES string of the molecule is [CH2]CC(NC(=O)CCCCC)NC(=O)CCCCC. The Kier molecular flexibility index (Phi) is 11.3. The molecule has 4 heteroatoms. The van der Waals surface area contributed by atoms with Crippen molar-refractivity contribution in [1.82, 2.24) is 10.6 Å². The summed E-state index contributed by atoms with van der Waals surface area (Å²) in [6.45, 7) is 7.96. The maximum absolute atomic E-state index is 11.6. The van der Waals surface area contributed by atoms with E-state index >= 15 is 0 Å². The third-order valence-electron chi connectivity index (χ3n) is 2.97. The molecule has 0 fully saturated rings. The number of unbranched alkanes of at least 4 members (excludes halogenated alkanes) is 4. The number of nitrogens with one attached hydrogen (secondary N) is 2. The number of rotatable bonds is 11. The van der Waals surface area contributed by atoms with Crippen LogP contribution in [0.1, 0.15) is 71.6 Å². The first-order valence-electron chi connectivity index (χ1n) is 7.52. The lowest BCUT2D eigenvalue weighted by atomic mass is 10.2. The molecule has 1 radical (unpaired) electrons. The molecule has 0 aromatic carbocycles. The van der Waals surface area contributed by atoms with Gasteiger partial charge in [0.15, 0.2) is 0 Å². The summed E-state index contributed by atoms with van der Waals surface area (Å²) in [5, 5.41) is 5.63. The Morgan fingerprint density at radius 1 is 0.895 bits per heavy atom. The van der Waals surface area contributed by atoms with Gasteiger partial charge < -0.3 is 10.6 Å². The molecule has 0 saturated heterocycles. The summed E-state index contributed by atoms with van der Waals surface area (Å²) >= 11 is 0. The third-order valence-corrected chi connectivity index (χ3v) is 2.97. The van der Waals surface area contributed by atoms with E-state index < -0.39 is 0 Å². The van der Waals surface area contributed by atoms with Crippen LogP contribution in [0, 0.1) is 6.92 Å². The summed E-state index contributed by atoms with van der Waals surface area (Å²) in [5.74, 6) is -0.00748. The van der Waals surface area contributed by atoms with Crippen LogP contribution in [-0.2, 0) is 9.59 Å². The van der Waals surface area contributed by atoms with Crippen molar-refractivity contribution in [3.05, 3.63) is 6.92 Å². The monoisotopic (exact) mass is 269 g/mol. The third kappa shape index (κ3) is 10.5. The molecular weight excluding hydrogens is 240 g/mol. The fourth-order valence-corrected chi connectivity index (χ4v) is 1.78. The van der Waals surface area contributed by atoms with Gasteiger partial charge in [-0.25, -0.2) is 0 Å². The minimum absolute atomic E-state index is 0.00374. The quantitative estimate of drug-likeness (QED) is 0.447. The van der Waals surface area contributed by atoms with Crippen molar-refractivity contribution in [2.45, 2.75) is 77.8 Å². The lowest BCUT2D eigenvalue weighted by Crippen LogP contribution is -2.47. The topological polar surface area (TPSA) is 58.2 Å². The van der Waals surface area contributed by atoms with E-state index in [1.807, 2.05) is 0 Å². The average molecular weight is 269 g/mol. The molecule has 4 nitrogen and oxygen atoms in total. The van der Waals surface area contributed by atoms with Gasteiger partial charge in [-0.1, -0.05) is 39.5 Å². The zero-order valence-corrected chi connectivity index (χ0v) is 12.5. The molecule has 0 aliphatic heterocycles. The molecule has 0 heterocycles. The predicted octanol–water partition coefficient (Wildman–Crippen LogP) is 2.93. The highest BCUT2D eigenvalue weighted by Crippen LogP contribution is 2.01. The maximum Gasteiger partial charge on any atom is 0.221 e. The number of carbonyl (C=O) groups excluding carboxylic acids is 2. The van der Waals surface area contributed by atoms with Crippen LogP contribution in [0.4, 0.5) is 0 Å². The molecule has 2 amide bonds. The normalized spacial score (nSPS) is 10.5. The summed E-state index contributed by atoms with van der Waals surface area (Å²) in [5.41, 5.74) is 0. The second kappa shape index (κ2) is 12.0. The Bertz CT molecular complexity index is 231. The second-order valence-corrected chi connectivity index (χ2v) is 4.89. The standard InChI is InChI=1S/C15H29N2O2/c1-4-7-9-11-14(18)16-13(6-3)17-15(19)12-10-8-5-2/h13H,3-12H2,1-2H3,(H,16,18)(H,17,19). The molecular formula is C15H29N2O2. The Balaban J connectivity index is 3.86. The van der Waals surface area contributed by atoms with Crippen molar-refractivity contribution in [2.24, 2.45) is 0 Å². The van der Waals surface area contributed by atoms with Crippen LogP contribution in [0.25, 0.3) is 0 Å². The molecule has 0 bridgehead atoms. The van der Waals surface area contributed by atoms with Gasteiger partial charge in [-0.2, -0.15) is 0 Å². The van der Waals surface area contributed by atoms with Crippen molar-refractivity contribution in [2.75, 3.05) is 0 Å². The summed E-state index contributed by atoms with van der Waals surface area (Å²) < 4.78 is 0.